The smallest absolute Gasteiger partial charge is 0.323 e. The topological polar surface area (TPSA) is 60.9 Å². The molecular formula is C15H28N2O3. The summed E-state index contributed by atoms with van der Waals surface area (Å²) >= 11 is 0. The van der Waals surface area contributed by atoms with Crippen LogP contribution in [-0.4, -0.2) is 53.1 Å². The standard InChI is InChI=1S/C15H28N2O3/c1-12(2)10-17(11-14(18)19)15(20)16(3)13-8-6-4-5-7-9-13/h12-13H,4-11H2,1-3H3,(H,18,19). The molecule has 0 aromatic carbocycles. The molecule has 0 radical (unpaired) electrons. The van der Waals surface area contributed by atoms with E-state index in [1.54, 1.807) is 4.90 Å². The predicted octanol–water partition coefficient (Wildman–Crippen LogP) is 2.80. The van der Waals surface area contributed by atoms with Crippen LogP contribution in [-0.2, 0) is 4.79 Å². The lowest BCUT2D eigenvalue weighted by Crippen LogP contribution is -2.48. The molecule has 0 saturated heterocycles. The molecule has 0 aromatic heterocycles. The second-order valence-electron chi connectivity index (χ2n) is 6.21. The highest BCUT2D eigenvalue weighted by atomic mass is 16.4. The van der Waals surface area contributed by atoms with E-state index in [0.717, 1.165) is 25.7 Å². The summed E-state index contributed by atoms with van der Waals surface area (Å²) in [6.45, 7) is 4.26. The molecule has 0 bridgehead atoms. The maximum absolute atomic E-state index is 12.5. The summed E-state index contributed by atoms with van der Waals surface area (Å²) in [6, 6.07) is 0.112. The molecule has 5 heteroatoms. The average molecular weight is 284 g/mol. The third-order valence-corrected chi connectivity index (χ3v) is 3.86. The van der Waals surface area contributed by atoms with E-state index < -0.39 is 5.97 Å². The van der Waals surface area contributed by atoms with Crippen molar-refractivity contribution in [3.05, 3.63) is 0 Å². The van der Waals surface area contributed by atoms with Gasteiger partial charge in [0, 0.05) is 19.6 Å². The monoisotopic (exact) mass is 284 g/mol. The van der Waals surface area contributed by atoms with Crippen molar-refractivity contribution in [1.29, 1.82) is 0 Å². The minimum atomic E-state index is -0.951. The number of hydrogen-bond acceptors (Lipinski definition) is 2. The summed E-state index contributed by atoms with van der Waals surface area (Å²) in [7, 11) is 1.81. The Hall–Kier alpha value is -1.26. The van der Waals surface area contributed by atoms with Gasteiger partial charge in [-0.2, -0.15) is 0 Å². The Balaban J connectivity index is 2.67. The van der Waals surface area contributed by atoms with Crippen LogP contribution in [0, 0.1) is 5.92 Å². The minimum absolute atomic E-state index is 0.145. The van der Waals surface area contributed by atoms with Crippen LogP contribution < -0.4 is 0 Å². The minimum Gasteiger partial charge on any atom is -0.480 e. The second-order valence-corrected chi connectivity index (χ2v) is 6.21. The number of nitrogens with zero attached hydrogens (tertiary/aromatic N) is 2. The molecule has 116 valence electrons. The predicted molar refractivity (Wildman–Crippen MR) is 78.7 cm³/mol. The number of carbonyl (C=O) groups excluding carboxylic acids is 1. The molecule has 0 aromatic rings. The van der Waals surface area contributed by atoms with Crippen LogP contribution in [0.3, 0.4) is 0 Å². The van der Waals surface area contributed by atoms with Crippen LogP contribution in [0.2, 0.25) is 0 Å². The number of urea groups is 1. The SMILES string of the molecule is CC(C)CN(CC(=O)O)C(=O)N(C)C1CCCCCC1. The van der Waals surface area contributed by atoms with E-state index in [-0.39, 0.29) is 24.5 Å². The zero-order valence-corrected chi connectivity index (χ0v) is 13.0. The Morgan fingerprint density at radius 3 is 2.15 bits per heavy atom. The van der Waals surface area contributed by atoms with Gasteiger partial charge in [-0.3, -0.25) is 4.79 Å². The highest BCUT2D eigenvalue weighted by Gasteiger charge is 2.26. The van der Waals surface area contributed by atoms with E-state index in [2.05, 4.69) is 0 Å². The number of carboxylic acid groups (broad SMARTS) is 1. The first-order valence-electron chi connectivity index (χ1n) is 7.65. The van der Waals surface area contributed by atoms with Crippen molar-refractivity contribution >= 4 is 12.0 Å². The zero-order chi connectivity index (χ0) is 15.1. The van der Waals surface area contributed by atoms with Crippen molar-refractivity contribution in [3.63, 3.8) is 0 Å². The third kappa shape index (κ3) is 5.39. The van der Waals surface area contributed by atoms with Crippen LogP contribution in [0.25, 0.3) is 0 Å². The van der Waals surface area contributed by atoms with E-state index in [0.29, 0.717) is 6.54 Å². The van der Waals surface area contributed by atoms with Crippen molar-refractivity contribution in [3.8, 4) is 0 Å². The van der Waals surface area contributed by atoms with Gasteiger partial charge in [-0.25, -0.2) is 4.79 Å². The maximum Gasteiger partial charge on any atom is 0.323 e. The summed E-state index contributed by atoms with van der Waals surface area (Å²) < 4.78 is 0. The molecule has 0 heterocycles. The molecular weight excluding hydrogens is 256 g/mol. The molecule has 1 aliphatic rings. The molecule has 0 unspecified atom stereocenters. The fraction of sp³-hybridized carbons (Fsp3) is 0.867. The summed E-state index contributed by atoms with van der Waals surface area (Å²) in [5.74, 6) is -0.686. The first-order valence-corrected chi connectivity index (χ1v) is 7.65. The number of rotatable bonds is 5. The van der Waals surface area contributed by atoms with Gasteiger partial charge in [-0.1, -0.05) is 39.5 Å². The Bertz CT molecular complexity index is 323. The summed E-state index contributed by atoms with van der Waals surface area (Å²) in [4.78, 5) is 26.7. The van der Waals surface area contributed by atoms with Gasteiger partial charge in [0.05, 0.1) is 0 Å². The van der Waals surface area contributed by atoms with Crippen molar-refractivity contribution in [2.24, 2.45) is 5.92 Å². The molecule has 0 aliphatic heterocycles. The molecule has 2 amide bonds. The van der Waals surface area contributed by atoms with Crippen LogP contribution >= 0.6 is 0 Å². The molecule has 1 fully saturated rings. The first-order chi connectivity index (χ1) is 9.41. The van der Waals surface area contributed by atoms with Gasteiger partial charge in [-0.15, -0.1) is 0 Å². The highest BCUT2D eigenvalue weighted by Crippen LogP contribution is 2.22. The van der Waals surface area contributed by atoms with Gasteiger partial charge < -0.3 is 14.9 Å². The van der Waals surface area contributed by atoms with Gasteiger partial charge in [0.25, 0.3) is 0 Å². The van der Waals surface area contributed by atoms with Gasteiger partial charge in [-0.05, 0) is 18.8 Å². The summed E-state index contributed by atoms with van der Waals surface area (Å²) in [5.41, 5.74) is 0. The number of aliphatic carboxylic acids is 1. The van der Waals surface area contributed by atoms with Crippen molar-refractivity contribution in [2.45, 2.75) is 58.4 Å². The first kappa shape index (κ1) is 16.8. The Kier molecular flexibility index (Phi) is 6.82. The van der Waals surface area contributed by atoms with E-state index in [4.69, 9.17) is 5.11 Å². The molecule has 0 atom stereocenters. The van der Waals surface area contributed by atoms with Gasteiger partial charge in [0.15, 0.2) is 0 Å². The Morgan fingerprint density at radius 1 is 1.15 bits per heavy atom. The second kappa shape index (κ2) is 8.12. The quantitative estimate of drug-likeness (QED) is 0.790. The molecule has 5 nitrogen and oxygen atoms in total. The van der Waals surface area contributed by atoms with Crippen molar-refractivity contribution in [2.75, 3.05) is 20.1 Å². The van der Waals surface area contributed by atoms with Crippen LogP contribution in [0.15, 0.2) is 0 Å². The van der Waals surface area contributed by atoms with Crippen LogP contribution in [0.4, 0.5) is 4.79 Å². The lowest BCUT2D eigenvalue weighted by Gasteiger charge is -2.33. The molecule has 0 spiro atoms. The Labute approximate surface area is 121 Å². The van der Waals surface area contributed by atoms with Gasteiger partial charge >= 0.3 is 12.0 Å². The lowest BCUT2D eigenvalue weighted by molar-refractivity contribution is -0.137. The van der Waals surface area contributed by atoms with E-state index in [1.165, 1.54) is 17.7 Å². The molecule has 20 heavy (non-hydrogen) atoms. The van der Waals surface area contributed by atoms with Gasteiger partial charge in [0.1, 0.15) is 6.54 Å². The number of amides is 2. The number of carbonyl (C=O) groups is 2. The summed E-state index contributed by atoms with van der Waals surface area (Å²) in [5, 5.41) is 8.97. The Morgan fingerprint density at radius 2 is 1.70 bits per heavy atom. The average Bonchev–Trinajstić information content (AvgIpc) is 2.63. The van der Waals surface area contributed by atoms with Crippen LogP contribution in [0.1, 0.15) is 52.4 Å². The fourth-order valence-corrected chi connectivity index (χ4v) is 2.84. The normalized spacial score (nSPS) is 16.8. The largest absolute Gasteiger partial charge is 0.480 e. The van der Waals surface area contributed by atoms with E-state index in [1.807, 2.05) is 20.9 Å². The van der Waals surface area contributed by atoms with Crippen molar-refractivity contribution < 1.29 is 14.7 Å². The third-order valence-electron chi connectivity index (χ3n) is 3.86. The van der Waals surface area contributed by atoms with Crippen LogP contribution in [0.5, 0.6) is 0 Å². The van der Waals surface area contributed by atoms with E-state index in [9.17, 15) is 9.59 Å². The van der Waals surface area contributed by atoms with E-state index >= 15 is 0 Å². The molecule has 1 saturated carbocycles. The molecule has 1 rings (SSSR count). The zero-order valence-electron chi connectivity index (χ0n) is 13.0. The summed E-state index contributed by atoms with van der Waals surface area (Å²) in [6.07, 6.45) is 6.86. The maximum atomic E-state index is 12.5. The van der Waals surface area contributed by atoms with Gasteiger partial charge in [0.2, 0.25) is 0 Å². The fourth-order valence-electron chi connectivity index (χ4n) is 2.84. The lowest BCUT2D eigenvalue weighted by atomic mass is 10.1. The molecule has 1 aliphatic carbocycles. The number of hydrogen-bond donors (Lipinski definition) is 1. The molecule has 1 N–H and O–H groups in total. The highest BCUT2D eigenvalue weighted by molar-refractivity contribution is 5.80. The van der Waals surface area contributed by atoms with Crippen molar-refractivity contribution in [1.82, 2.24) is 9.80 Å². The number of carboxylic acids is 1.